The Morgan fingerprint density at radius 2 is 1.90 bits per heavy atom. The van der Waals surface area contributed by atoms with Gasteiger partial charge in [-0.25, -0.2) is 0 Å². The Morgan fingerprint density at radius 3 is 2.52 bits per heavy atom. The summed E-state index contributed by atoms with van der Waals surface area (Å²) >= 11 is 0. The lowest BCUT2D eigenvalue weighted by molar-refractivity contribution is -0.132. The van der Waals surface area contributed by atoms with Gasteiger partial charge in [0.25, 0.3) is 0 Å². The van der Waals surface area contributed by atoms with E-state index in [0.717, 1.165) is 12.8 Å². The van der Waals surface area contributed by atoms with Crippen molar-refractivity contribution in [3.63, 3.8) is 0 Å². The van der Waals surface area contributed by atoms with Gasteiger partial charge in [0.1, 0.15) is 0 Å². The number of carbonyl (C=O) groups is 1. The highest BCUT2D eigenvalue weighted by molar-refractivity contribution is 5.84. The van der Waals surface area contributed by atoms with Crippen molar-refractivity contribution in [2.45, 2.75) is 65.2 Å². The van der Waals surface area contributed by atoms with Gasteiger partial charge < -0.3 is 4.90 Å². The molecule has 0 spiro atoms. The molecule has 0 bridgehead atoms. The van der Waals surface area contributed by atoms with Gasteiger partial charge in [-0.1, -0.05) is 50.6 Å². The molecule has 1 N–H and O–H groups in total. The summed E-state index contributed by atoms with van der Waals surface area (Å²) in [4.78, 5) is 14.7. The van der Waals surface area contributed by atoms with E-state index >= 15 is 0 Å². The zero-order chi connectivity index (χ0) is 15.4. The second-order valence-corrected chi connectivity index (χ2v) is 6.43. The molecule has 4 unspecified atom stereocenters. The van der Waals surface area contributed by atoms with Crippen molar-refractivity contribution in [1.29, 1.82) is 0 Å². The van der Waals surface area contributed by atoms with Gasteiger partial charge in [0, 0.05) is 6.04 Å². The average molecular weight is 288 g/mol. The largest absolute Gasteiger partial charge is 0.323 e. The van der Waals surface area contributed by atoms with E-state index in [9.17, 15) is 4.79 Å². The molecule has 1 aliphatic rings. The summed E-state index contributed by atoms with van der Waals surface area (Å²) in [7, 11) is 0. The molecule has 1 saturated heterocycles. The van der Waals surface area contributed by atoms with Crippen molar-refractivity contribution in [1.82, 2.24) is 10.2 Å². The van der Waals surface area contributed by atoms with E-state index in [4.69, 9.17) is 0 Å². The third-order valence-electron chi connectivity index (χ3n) is 4.61. The van der Waals surface area contributed by atoms with Gasteiger partial charge in [0.05, 0.1) is 12.2 Å². The summed E-state index contributed by atoms with van der Waals surface area (Å²) in [5.41, 5.74) is 1.21. The number of amides is 1. The van der Waals surface area contributed by atoms with Crippen molar-refractivity contribution < 1.29 is 4.79 Å². The van der Waals surface area contributed by atoms with Crippen molar-refractivity contribution in [3.8, 4) is 0 Å². The number of nitrogens with one attached hydrogen (secondary N) is 1. The van der Waals surface area contributed by atoms with Gasteiger partial charge in [-0.15, -0.1) is 0 Å². The molecule has 1 aromatic rings. The maximum Gasteiger partial charge on any atom is 0.241 e. The molecule has 1 aromatic carbocycles. The molecule has 2 rings (SSSR count). The van der Waals surface area contributed by atoms with Crippen LogP contribution in [0.4, 0.5) is 0 Å². The van der Waals surface area contributed by atoms with Crippen LogP contribution >= 0.6 is 0 Å². The zero-order valence-electron chi connectivity index (χ0n) is 13.7. The molecule has 1 fully saturated rings. The van der Waals surface area contributed by atoms with Gasteiger partial charge in [0.2, 0.25) is 5.91 Å². The van der Waals surface area contributed by atoms with Crippen LogP contribution in [0.15, 0.2) is 30.3 Å². The maximum absolute atomic E-state index is 12.7. The fourth-order valence-corrected chi connectivity index (χ4v) is 3.27. The molecule has 116 valence electrons. The first-order chi connectivity index (χ1) is 10.0. The second-order valence-electron chi connectivity index (χ2n) is 6.43. The van der Waals surface area contributed by atoms with Crippen LogP contribution in [0, 0.1) is 5.92 Å². The molecule has 4 atom stereocenters. The Balaban J connectivity index is 2.01. The lowest BCUT2D eigenvalue weighted by Gasteiger charge is -2.30. The monoisotopic (exact) mass is 288 g/mol. The van der Waals surface area contributed by atoms with Crippen molar-refractivity contribution in [2.75, 3.05) is 0 Å². The van der Waals surface area contributed by atoms with E-state index in [0.29, 0.717) is 12.0 Å². The Labute approximate surface area is 128 Å². The molecular formula is C18H28N2O. The highest BCUT2D eigenvalue weighted by atomic mass is 16.2. The van der Waals surface area contributed by atoms with Crippen molar-refractivity contribution in [3.05, 3.63) is 35.9 Å². The van der Waals surface area contributed by atoms with E-state index in [1.54, 1.807) is 0 Å². The van der Waals surface area contributed by atoms with E-state index < -0.39 is 0 Å². The highest BCUT2D eigenvalue weighted by Crippen LogP contribution is 2.22. The fraction of sp³-hybridized carbons (Fsp3) is 0.611. The molecule has 0 aliphatic carbocycles. The highest BCUT2D eigenvalue weighted by Gasteiger charge is 2.38. The van der Waals surface area contributed by atoms with Crippen LogP contribution in [-0.2, 0) is 11.2 Å². The number of carbonyl (C=O) groups excluding carboxylic acids is 1. The normalized spacial score (nSPS) is 25.1. The third kappa shape index (κ3) is 3.85. The Hall–Kier alpha value is -1.35. The molecule has 1 amide bonds. The van der Waals surface area contributed by atoms with Crippen LogP contribution in [0.1, 0.15) is 46.1 Å². The Bertz CT molecular complexity index is 460. The summed E-state index contributed by atoms with van der Waals surface area (Å²) in [5.74, 6) is 0.912. The smallest absolute Gasteiger partial charge is 0.241 e. The van der Waals surface area contributed by atoms with Crippen LogP contribution in [-0.4, -0.2) is 29.1 Å². The van der Waals surface area contributed by atoms with E-state index in [1.165, 1.54) is 12.0 Å². The van der Waals surface area contributed by atoms with Crippen LogP contribution in [0.25, 0.3) is 0 Å². The molecular weight excluding hydrogens is 260 g/mol. The zero-order valence-corrected chi connectivity index (χ0v) is 13.7. The van der Waals surface area contributed by atoms with Crippen LogP contribution in [0.2, 0.25) is 0 Å². The lowest BCUT2D eigenvalue weighted by Crippen LogP contribution is -2.42. The van der Waals surface area contributed by atoms with Gasteiger partial charge in [-0.3, -0.25) is 10.1 Å². The number of hydrogen-bond donors (Lipinski definition) is 1. The summed E-state index contributed by atoms with van der Waals surface area (Å²) in [6, 6.07) is 10.5. The van der Waals surface area contributed by atoms with E-state index in [2.05, 4.69) is 45.1 Å². The summed E-state index contributed by atoms with van der Waals surface area (Å²) in [6.07, 6.45) is 3.15. The first-order valence-corrected chi connectivity index (χ1v) is 8.15. The molecule has 3 nitrogen and oxygen atoms in total. The quantitative estimate of drug-likeness (QED) is 0.872. The van der Waals surface area contributed by atoms with Crippen molar-refractivity contribution in [2.24, 2.45) is 5.92 Å². The van der Waals surface area contributed by atoms with Crippen molar-refractivity contribution >= 4 is 5.91 Å². The summed E-state index contributed by atoms with van der Waals surface area (Å²) in [6.45, 7) is 8.74. The molecule has 3 heteroatoms. The SMILES string of the molecule is CCC(C)CC(C)N1C(=O)C(Cc2ccccc2)NC1C. The molecule has 1 heterocycles. The predicted molar refractivity (Wildman–Crippen MR) is 86.9 cm³/mol. The standard InChI is InChI=1S/C18H28N2O/c1-5-13(2)11-14(3)20-15(4)19-17(18(20)21)12-16-9-7-6-8-10-16/h6-10,13-15,17,19H,5,11-12H2,1-4H3. The van der Waals surface area contributed by atoms with E-state index in [1.807, 2.05) is 23.1 Å². The van der Waals surface area contributed by atoms with Gasteiger partial charge in [-0.05, 0) is 38.2 Å². The predicted octanol–water partition coefficient (Wildman–Crippen LogP) is 3.20. The number of hydrogen-bond acceptors (Lipinski definition) is 2. The van der Waals surface area contributed by atoms with E-state index in [-0.39, 0.29) is 18.1 Å². The van der Waals surface area contributed by atoms with Crippen LogP contribution in [0.3, 0.4) is 0 Å². The van der Waals surface area contributed by atoms with Gasteiger partial charge in [0.15, 0.2) is 0 Å². The molecule has 0 radical (unpaired) electrons. The van der Waals surface area contributed by atoms with Crippen LogP contribution < -0.4 is 5.32 Å². The average Bonchev–Trinajstić information content (AvgIpc) is 2.74. The first kappa shape index (κ1) is 16.0. The minimum atomic E-state index is -0.0817. The second kappa shape index (κ2) is 7.08. The topological polar surface area (TPSA) is 32.3 Å². The molecule has 0 aromatic heterocycles. The minimum Gasteiger partial charge on any atom is -0.323 e. The molecule has 1 aliphatic heterocycles. The van der Waals surface area contributed by atoms with Crippen LogP contribution in [0.5, 0.6) is 0 Å². The Kier molecular flexibility index (Phi) is 5.40. The number of benzene rings is 1. The maximum atomic E-state index is 12.7. The molecule has 0 saturated carbocycles. The molecule has 21 heavy (non-hydrogen) atoms. The fourth-order valence-electron chi connectivity index (χ4n) is 3.27. The first-order valence-electron chi connectivity index (χ1n) is 8.15. The number of rotatable bonds is 6. The Morgan fingerprint density at radius 1 is 1.24 bits per heavy atom. The lowest BCUT2D eigenvalue weighted by atomic mass is 9.99. The minimum absolute atomic E-state index is 0.0817. The number of nitrogens with zero attached hydrogens (tertiary/aromatic N) is 1. The summed E-state index contributed by atoms with van der Waals surface area (Å²) < 4.78 is 0. The third-order valence-corrected chi connectivity index (χ3v) is 4.61. The summed E-state index contributed by atoms with van der Waals surface area (Å²) in [5, 5.41) is 3.45. The van der Waals surface area contributed by atoms with Gasteiger partial charge >= 0.3 is 0 Å². The van der Waals surface area contributed by atoms with Gasteiger partial charge in [-0.2, -0.15) is 0 Å².